The Kier molecular flexibility index (Phi) is 4.76. The van der Waals surface area contributed by atoms with Crippen molar-refractivity contribution in [1.29, 1.82) is 0 Å². The largest absolute Gasteiger partial charge is 0.385 e. The lowest BCUT2D eigenvalue weighted by Crippen LogP contribution is -2.01. The van der Waals surface area contributed by atoms with Gasteiger partial charge in [0.15, 0.2) is 0 Å². The molecule has 1 nitrogen and oxygen atoms in total. The molecule has 0 heterocycles. The maximum atomic E-state index is 5.55. The summed E-state index contributed by atoms with van der Waals surface area (Å²) in [7, 11) is 0. The molecule has 1 aromatic rings. The predicted octanol–water partition coefficient (Wildman–Crippen LogP) is 3.33. The molecule has 0 aliphatic carbocycles. The second-order valence-corrected chi connectivity index (χ2v) is 4.10. The Bertz CT molecular complexity index is 222. The molecular formula is C9H11ClIN. The molecule has 0 radical (unpaired) electrons. The maximum Gasteiger partial charge on any atom is 0.0340 e. The van der Waals surface area contributed by atoms with Gasteiger partial charge in [0.2, 0.25) is 0 Å². The summed E-state index contributed by atoms with van der Waals surface area (Å²) in [4.78, 5) is 0. The van der Waals surface area contributed by atoms with Crippen molar-refractivity contribution in [1.82, 2.24) is 0 Å². The SMILES string of the molecule is ClCCCNc1ccc(I)cc1. The second-order valence-electron chi connectivity index (χ2n) is 2.48. The van der Waals surface area contributed by atoms with Gasteiger partial charge < -0.3 is 5.32 Å². The minimum Gasteiger partial charge on any atom is -0.385 e. The van der Waals surface area contributed by atoms with Crippen LogP contribution in [0.5, 0.6) is 0 Å². The van der Waals surface area contributed by atoms with Crippen molar-refractivity contribution in [2.75, 3.05) is 17.7 Å². The Morgan fingerprint density at radius 1 is 1.25 bits per heavy atom. The fourth-order valence-corrected chi connectivity index (χ4v) is 1.36. The average molecular weight is 296 g/mol. The molecule has 0 aliphatic rings. The first kappa shape index (κ1) is 10.1. The molecule has 66 valence electrons. The number of nitrogens with one attached hydrogen (secondary N) is 1. The highest BCUT2D eigenvalue weighted by Gasteiger charge is 1.90. The van der Waals surface area contributed by atoms with Crippen molar-refractivity contribution >= 4 is 39.9 Å². The summed E-state index contributed by atoms with van der Waals surface area (Å²) in [6.07, 6.45) is 1.01. The van der Waals surface area contributed by atoms with Crippen LogP contribution in [0.2, 0.25) is 0 Å². The minimum atomic E-state index is 0.720. The van der Waals surface area contributed by atoms with E-state index in [1.807, 2.05) is 0 Å². The molecule has 3 heteroatoms. The standard InChI is InChI=1S/C9H11ClIN/c10-6-1-7-12-9-4-2-8(11)3-5-9/h2-5,12H,1,6-7H2. The third-order valence-electron chi connectivity index (χ3n) is 1.48. The van der Waals surface area contributed by atoms with Gasteiger partial charge in [-0.05, 0) is 53.3 Å². The van der Waals surface area contributed by atoms with Gasteiger partial charge in [-0.1, -0.05) is 0 Å². The zero-order chi connectivity index (χ0) is 8.81. The van der Waals surface area contributed by atoms with E-state index in [1.165, 1.54) is 9.26 Å². The number of rotatable bonds is 4. The van der Waals surface area contributed by atoms with Crippen molar-refractivity contribution in [2.45, 2.75) is 6.42 Å². The number of halogens is 2. The Morgan fingerprint density at radius 2 is 1.92 bits per heavy atom. The first-order chi connectivity index (χ1) is 5.83. The molecule has 12 heavy (non-hydrogen) atoms. The van der Waals surface area contributed by atoms with E-state index in [-0.39, 0.29) is 0 Å². The van der Waals surface area contributed by atoms with Gasteiger partial charge in [0.25, 0.3) is 0 Å². The van der Waals surface area contributed by atoms with Gasteiger partial charge in [-0.15, -0.1) is 11.6 Å². The fourth-order valence-electron chi connectivity index (χ4n) is 0.867. The van der Waals surface area contributed by atoms with E-state index in [1.54, 1.807) is 0 Å². The summed E-state index contributed by atoms with van der Waals surface area (Å²) >= 11 is 7.84. The molecule has 0 aromatic heterocycles. The Hall–Kier alpha value is 0.0400. The maximum absolute atomic E-state index is 5.55. The van der Waals surface area contributed by atoms with Crippen molar-refractivity contribution in [3.05, 3.63) is 27.8 Å². The van der Waals surface area contributed by atoms with Gasteiger partial charge in [0.05, 0.1) is 0 Å². The van der Waals surface area contributed by atoms with Crippen LogP contribution in [0.3, 0.4) is 0 Å². The number of alkyl halides is 1. The third-order valence-corrected chi connectivity index (χ3v) is 2.47. The topological polar surface area (TPSA) is 12.0 Å². The van der Waals surface area contributed by atoms with Crippen LogP contribution < -0.4 is 5.32 Å². The van der Waals surface area contributed by atoms with E-state index >= 15 is 0 Å². The molecule has 0 fully saturated rings. The lowest BCUT2D eigenvalue weighted by molar-refractivity contribution is 0.987. The van der Waals surface area contributed by atoms with Crippen LogP contribution in [0.4, 0.5) is 5.69 Å². The van der Waals surface area contributed by atoms with Crippen molar-refractivity contribution in [2.24, 2.45) is 0 Å². The fraction of sp³-hybridized carbons (Fsp3) is 0.333. The average Bonchev–Trinajstić information content (AvgIpc) is 2.09. The lowest BCUT2D eigenvalue weighted by atomic mass is 10.3. The van der Waals surface area contributed by atoms with E-state index in [4.69, 9.17) is 11.6 Å². The van der Waals surface area contributed by atoms with E-state index in [0.29, 0.717) is 0 Å². The van der Waals surface area contributed by atoms with Crippen molar-refractivity contribution < 1.29 is 0 Å². The van der Waals surface area contributed by atoms with Gasteiger partial charge >= 0.3 is 0 Å². The van der Waals surface area contributed by atoms with Crippen LogP contribution in [-0.2, 0) is 0 Å². The molecule has 1 aromatic carbocycles. The van der Waals surface area contributed by atoms with Crippen LogP contribution in [0, 0.1) is 3.57 Å². The summed E-state index contributed by atoms with van der Waals surface area (Å²) in [6, 6.07) is 8.33. The molecular weight excluding hydrogens is 284 g/mol. The Morgan fingerprint density at radius 3 is 2.50 bits per heavy atom. The normalized spacial score (nSPS) is 9.83. The van der Waals surface area contributed by atoms with E-state index < -0.39 is 0 Å². The van der Waals surface area contributed by atoms with E-state index in [9.17, 15) is 0 Å². The molecule has 0 saturated heterocycles. The summed E-state index contributed by atoms with van der Waals surface area (Å²) in [5.74, 6) is 0.720. The van der Waals surface area contributed by atoms with Crippen LogP contribution in [0.25, 0.3) is 0 Å². The molecule has 0 amide bonds. The number of hydrogen-bond donors (Lipinski definition) is 1. The lowest BCUT2D eigenvalue weighted by Gasteiger charge is -2.03. The highest BCUT2D eigenvalue weighted by Crippen LogP contribution is 2.10. The van der Waals surface area contributed by atoms with Gasteiger partial charge in [-0.2, -0.15) is 0 Å². The zero-order valence-corrected chi connectivity index (χ0v) is 9.60. The van der Waals surface area contributed by atoms with E-state index in [2.05, 4.69) is 52.2 Å². The summed E-state index contributed by atoms with van der Waals surface area (Å²) in [5, 5.41) is 3.28. The molecule has 0 bridgehead atoms. The summed E-state index contributed by atoms with van der Waals surface area (Å²) in [6.45, 7) is 0.949. The first-order valence-corrected chi connectivity index (χ1v) is 5.49. The highest BCUT2D eigenvalue weighted by molar-refractivity contribution is 14.1. The Balaban J connectivity index is 2.37. The molecule has 0 saturated carbocycles. The summed E-state index contributed by atoms with van der Waals surface area (Å²) in [5.41, 5.74) is 1.17. The zero-order valence-electron chi connectivity index (χ0n) is 6.69. The number of benzene rings is 1. The van der Waals surface area contributed by atoms with E-state index in [0.717, 1.165) is 18.8 Å². The molecule has 1 rings (SSSR count). The van der Waals surface area contributed by atoms with Gasteiger partial charge in [-0.25, -0.2) is 0 Å². The molecule has 0 spiro atoms. The monoisotopic (exact) mass is 295 g/mol. The van der Waals surface area contributed by atoms with Crippen LogP contribution in [0.15, 0.2) is 24.3 Å². The van der Waals surface area contributed by atoms with Crippen LogP contribution in [0.1, 0.15) is 6.42 Å². The number of hydrogen-bond acceptors (Lipinski definition) is 1. The molecule has 1 N–H and O–H groups in total. The van der Waals surface area contributed by atoms with Gasteiger partial charge in [0, 0.05) is 21.7 Å². The van der Waals surface area contributed by atoms with Gasteiger partial charge in [-0.3, -0.25) is 0 Å². The quantitative estimate of drug-likeness (QED) is 0.510. The van der Waals surface area contributed by atoms with Crippen LogP contribution in [-0.4, -0.2) is 12.4 Å². The van der Waals surface area contributed by atoms with Crippen molar-refractivity contribution in [3.8, 4) is 0 Å². The minimum absolute atomic E-state index is 0.720. The van der Waals surface area contributed by atoms with Crippen molar-refractivity contribution in [3.63, 3.8) is 0 Å². The third kappa shape index (κ3) is 3.63. The Labute approximate surface area is 91.6 Å². The van der Waals surface area contributed by atoms with Gasteiger partial charge in [0.1, 0.15) is 0 Å². The first-order valence-electron chi connectivity index (χ1n) is 3.88. The van der Waals surface area contributed by atoms with Crippen LogP contribution >= 0.6 is 34.2 Å². The summed E-state index contributed by atoms with van der Waals surface area (Å²) < 4.78 is 1.26. The molecule has 0 unspecified atom stereocenters. The highest BCUT2D eigenvalue weighted by atomic mass is 127. The number of anilines is 1. The molecule has 0 aliphatic heterocycles. The molecule has 0 atom stereocenters. The smallest absolute Gasteiger partial charge is 0.0340 e. The predicted molar refractivity (Wildman–Crippen MR) is 63.0 cm³/mol. The second kappa shape index (κ2) is 5.65.